The second-order valence-electron chi connectivity index (χ2n) is 7.16. The summed E-state index contributed by atoms with van der Waals surface area (Å²) in [5.41, 5.74) is 1.24. The summed E-state index contributed by atoms with van der Waals surface area (Å²) >= 11 is 0. The Balaban J connectivity index is 1.82. The van der Waals surface area contributed by atoms with Gasteiger partial charge < -0.3 is 19.9 Å². The van der Waals surface area contributed by atoms with Gasteiger partial charge in [0.15, 0.2) is 0 Å². The van der Waals surface area contributed by atoms with E-state index in [-0.39, 0.29) is 12.1 Å². The molecule has 6 heteroatoms. The Labute approximate surface area is 137 Å². The topological polar surface area (TPSA) is 79.1 Å². The lowest BCUT2D eigenvalue weighted by molar-refractivity contribution is 0.0521. The summed E-state index contributed by atoms with van der Waals surface area (Å²) in [5.74, 6) is 0.601. The van der Waals surface area contributed by atoms with Crippen LogP contribution in [0.5, 0.6) is 0 Å². The van der Waals surface area contributed by atoms with Crippen LogP contribution in [-0.4, -0.2) is 28.8 Å². The van der Waals surface area contributed by atoms with Gasteiger partial charge in [0, 0.05) is 32.4 Å². The molecule has 2 rings (SSSR count). The van der Waals surface area contributed by atoms with Gasteiger partial charge in [-0.1, -0.05) is 0 Å². The molecule has 0 radical (unpaired) electrons. The van der Waals surface area contributed by atoms with Crippen molar-refractivity contribution >= 4 is 6.09 Å². The molecule has 1 atom stereocenters. The van der Waals surface area contributed by atoms with Crippen LogP contribution >= 0.6 is 0 Å². The third-order valence-electron chi connectivity index (χ3n) is 3.80. The molecule has 1 heterocycles. The van der Waals surface area contributed by atoms with Crippen molar-refractivity contribution < 1.29 is 9.53 Å². The maximum absolute atomic E-state index is 11.8. The first-order valence-corrected chi connectivity index (χ1v) is 8.04. The maximum Gasteiger partial charge on any atom is 0.407 e. The van der Waals surface area contributed by atoms with Gasteiger partial charge in [-0.25, -0.2) is 4.79 Å². The maximum atomic E-state index is 11.8. The molecule has 0 saturated heterocycles. The number of nitriles is 1. The molecule has 1 fully saturated rings. The van der Waals surface area contributed by atoms with E-state index >= 15 is 0 Å². The number of alkyl carbamates (subject to hydrolysis) is 1. The van der Waals surface area contributed by atoms with Crippen molar-refractivity contribution in [3.63, 3.8) is 0 Å². The van der Waals surface area contributed by atoms with Crippen LogP contribution in [0.15, 0.2) is 12.3 Å². The van der Waals surface area contributed by atoms with Gasteiger partial charge in [0.05, 0.1) is 0 Å². The molecule has 1 aromatic heterocycles. The number of nitrogens with zero attached hydrogens (tertiary/aromatic N) is 2. The monoisotopic (exact) mass is 318 g/mol. The van der Waals surface area contributed by atoms with Gasteiger partial charge >= 0.3 is 6.09 Å². The third-order valence-corrected chi connectivity index (χ3v) is 3.80. The molecule has 1 amide bonds. The van der Waals surface area contributed by atoms with E-state index < -0.39 is 5.60 Å². The molecule has 2 N–H and O–H groups in total. The number of rotatable bonds is 6. The number of amides is 1. The zero-order chi connectivity index (χ0) is 17.0. The van der Waals surface area contributed by atoms with Crippen LogP contribution < -0.4 is 10.6 Å². The number of ether oxygens (including phenoxy) is 1. The summed E-state index contributed by atoms with van der Waals surface area (Å²) in [6.45, 7) is 6.80. The third kappa shape index (κ3) is 5.61. The van der Waals surface area contributed by atoms with E-state index in [1.165, 1.54) is 12.8 Å². The minimum atomic E-state index is -0.482. The highest BCUT2D eigenvalue weighted by Crippen LogP contribution is 2.32. The summed E-state index contributed by atoms with van der Waals surface area (Å²) in [7, 11) is 1.87. The lowest BCUT2D eigenvalue weighted by Gasteiger charge is -2.22. The van der Waals surface area contributed by atoms with Crippen molar-refractivity contribution in [2.24, 2.45) is 13.0 Å². The van der Waals surface area contributed by atoms with E-state index in [0.717, 1.165) is 5.56 Å². The first-order valence-electron chi connectivity index (χ1n) is 8.04. The molecule has 1 unspecified atom stereocenters. The van der Waals surface area contributed by atoms with Crippen molar-refractivity contribution in [3.05, 3.63) is 23.5 Å². The molecule has 0 aliphatic heterocycles. The molecule has 0 bridgehead atoms. The Hall–Kier alpha value is -2.00. The second kappa shape index (κ2) is 7.05. The molecule has 1 aliphatic rings. The van der Waals surface area contributed by atoms with Gasteiger partial charge in [0.2, 0.25) is 0 Å². The van der Waals surface area contributed by atoms with Gasteiger partial charge in [0.25, 0.3) is 0 Å². The Bertz CT molecular complexity index is 591. The first-order chi connectivity index (χ1) is 10.8. The normalized spacial score (nSPS) is 15.8. The molecule has 1 saturated carbocycles. The average Bonchev–Trinajstić information content (AvgIpc) is 3.20. The van der Waals surface area contributed by atoms with Crippen molar-refractivity contribution in [2.45, 2.75) is 51.8 Å². The van der Waals surface area contributed by atoms with Crippen LogP contribution in [0.2, 0.25) is 0 Å². The van der Waals surface area contributed by atoms with E-state index in [2.05, 4.69) is 16.7 Å². The number of hydrogen-bond acceptors (Lipinski definition) is 4. The molecule has 6 nitrogen and oxygen atoms in total. The molecule has 1 aliphatic carbocycles. The summed E-state index contributed by atoms with van der Waals surface area (Å²) in [4.78, 5) is 11.8. The predicted octanol–water partition coefficient (Wildman–Crippen LogP) is 2.29. The molecular weight excluding hydrogens is 292 g/mol. The van der Waals surface area contributed by atoms with E-state index in [1.807, 2.05) is 44.6 Å². The van der Waals surface area contributed by atoms with Gasteiger partial charge in [-0.2, -0.15) is 5.26 Å². The fourth-order valence-corrected chi connectivity index (χ4v) is 2.50. The summed E-state index contributed by atoms with van der Waals surface area (Å²) < 4.78 is 7.09. The van der Waals surface area contributed by atoms with E-state index in [1.54, 1.807) is 0 Å². The Morgan fingerprint density at radius 1 is 1.52 bits per heavy atom. The highest BCUT2D eigenvalue weighted by atomic mass is 16.6. The van der Waals surface area contributed by atoms with Crippen molar-refractivity contribution in [1.82, 2.24) is 15.2 Å². The van der Waals surface area contributed by atoms with E-state index in [9.17, 15) is 4.79 Å². The number of carbonyl (C=O) groups excluding carboxylic acids is 1. The SMILES string of the molecule is Cn1cc(CNC(CNC(=O)OC(C)(C)C)C2CC2)cc1C#N. The largest absolute Gasteiger partial charge is 0.444 e. The van der Waals surface area contributed by atoms with Gasteiger partial charge in [-0.05, 0) is 51.2 Å². The minimum absolute atomic E-state index is 0.230. The lowest BCUT2D eigenvalue weighted by atomic mass is 10.1. The standard InChI is InChI=1S/C17H26N4O2/c1-17(2,3)23-16(22)20-10-15(13-5-6-13)19-9-12-7-14(8-18)21(4)11-12/h7,11,13,15,19H,5-6,9-10H2,1-4H3,(H,20,22). The molecule has 23 heavy (non-hydrogen) atoms. The Kier molecular flexibility index (Phi) is 5.32. The van der Waals surface area contributed by atoms with Crippen LogP contribution in [-0.2, 0) is 18.3 Å². The van der Waals surface area contributed by atoms with E-state index in [4.69, 9.17) is 10.00 Å². The quantitative estimate of drug-likeness (QED) is 0.843. The lowest BCUT2D eigenvalue weighted by Crippen LogP contribution is -2.43. The minimum Gasteiger partial charge on any atom is -0.444 e. The van der Waals surface area contributed by atoms with Crippen molar-refractivity contribution in [3.8, 4) is 6.07 Å². The zero-order valence-electron chi connectivity index (χ0n) is 14.3. The Morgan fingerprint density at radius 3 is 2.74 bits per heavy atom. The van der Waals surface area contributed by atoms with Crippen LogP contribution in [0.25, 0.3) is 0 Å². The zero-order valence-corrected chi connectivity index (χ0v) is 14.3. The van der Waals surface area contributed by atoms with Crippen LogP contribution in [0, 0.1) is 17.2 Å². The van der Waals surface area contributed by atoms with Crippen LogP contribution in [0.1, 0.15) is 44.9 Å². The molecule has 0 spiro atoms. The van der Waals surface area contributed by atoms with Crippen molar-refractivity contribution in [1.29, 1.82) is 5.26 Å². The van der Waals surface area contributed by atoms with Crippen LogP contribution in [0.4, 0.5) is 4.79 Å². The number of aryl methyl sites for hydroxylation is 1. The molecule has 0 aromatic carbocycles. The van der Waals surface area contributed by atoms with Gasteiger partial charge in [-0.15, -0.1) is 0 Å². The predicted molar refractivity (Wildman–Crippen MR) is 87.7 cm³/mol. The van der Waals surface area contributed by atoms with Gasteiger partial charge in [-0.3, -0.25) is 0 Å². The first kappa shape index (κ1) is 17.4. The van der Waals surface area contributed by atoms with E-state index in [0.29, 0.717) is 24.7 Å². The summed E-state index contributed by atoms with van der Waals surface area (Å²) in [6, 6.07) is 4.28. The molecule has 1 aromatic rings. The second-order valence-corrected chi connectivity index (χ2v) is 7.16. The fourth-order valence-electron chi connectivity index (χ4n) is 2.50. The molecular formula is C17H26N4O2. The highest BCUT2D eigenvalue weighted by molar-refractivity contribution is 5.67. The van der Waals surface area contributed by atoms with Gasteiger partial charge in [0.1, 0.15) is 17.4 Å². The number of nitrogens with one attached hydrogen (secondary N) is 2. The number of aromatic nitrogens is 1. The summed E-state index contributed by atoms with van der Waals surface area (Å²) in [6.07, 6.45) is 3.95. The number of hydrogen-bond donors (Lipinski definition) is 2. The highest BCUT2D eigenvalue weighted by Gasteiger charge is 2.31. The average molecular weight is 318 g/mol. The summed E-state index contributed by atoms with van der Waals surface area (Å²) in [5, 5.41) is 15.3. The molecule has 126 valence electrons. The van der Waals surface area contributed by atoms with Crippen molar-refractivity contribution in [2.75, 3.05) is 6.54 Å². The van der Waals surface area contributed by atoms with Crippen LogP contribution in [0.3, 0.4) is 0 Å². The Morgan fingerprint density at radius 2 is 2.22 bits per heavy atom. The fraction of sp³-hybridized carbons (Fsp3) is 0.647. The smallest absolute Gasteiger partial charge is 0.407 e. The number of carbonyl (C=O) groups is 1.